The molecule has 3 aliphatic heterocycles. The van der Waals surface area contributed by atoms with Crippen LogP contribution in [0.4, 0.5) is 13.2 Å². The van der Waals surface area contributed by atoms with Crippen molar-refractivity contribution in [1.29, 1.82) is 0 Å². The number of hydrogen-bond acceptors (Lipinski definition) is 4. The van der Waals surface area contributed by atoms with Crippen LogP contribution in [0, 0.1) is 17.8 Å². The van der Waals surface area contributed by atoms with Crippen molar-refractivity contribution in [3.63, 3.8) is 0 Å². The average Bonchev–Trinajstić information content (AvgIpc) is 3.11. The van der Waals surface area contributed by atoms with E-state index in [9.17, 15) is 18.0 Å². The largest absolute Gasteiger partial charge is 0.490 e. The number of amides is 1. The lowest BCUT2D eigenvalue weighted by atomic mass is 9.82. The highest BCUT2D eigenvalue weighted by Gasteiger charge is 2.52. The Morgan fingerprint density at radius 1 is 1.21 bits per heavy atom. The Hall–Kier alpha value is -1.35. The third kappa shape index (κ3) is 5.17. The van der Waals surface area contributed by atoms with Crippen molar-refractivity contribution < 1.29 is 32.6 Å². The number of halogens is 3. The summed E-state index contributed by atoms with van der Waals surface area (Å²) in [7, 11) is 0. The summed E-state index contributed by atoms with van der Waals surface area (Å²) in [5, 5.41) is 7.12. The summed E-state index contributed by atoms with van der Waals surface area (Å²) in [4.78, 5) is 25.7. The summed E-state index contributed by atoms with van der Waals surface area (Å²) in [5.41, 5.74) is 0.0231. The molecule has 3 unspecified atom stereocenters. The first-order valence-electron chi connectivity index (χ1n) is 10.0. The number of ether oxygens (including phenoxy) is 1. The van der Waals surface area contributed by atoms with Gasteiger partial charge in [-0.1, -0.05) is 6.92 Å². The minimum atomic E-state index is -5.08. The molecule has 1 aliphatic carbocycles. The molecule has 4 fully saturated rings. The number of carbonyl (C=O) groups excluding carboxylic acids is 1. The van der Waals surface area contributed by atoms with E-state index in [1.54, 1.807) is 0 Å². The maximum atomic E-state index is 12.2. The summed E-state index contributed by atoms with van der Waals surface area (Å²) in [6.45, 7) is 8.57. The van der Waals surface area contributed by atoms with Crippen LogP contribution < -0.4 is 0 Å². The van der Waals surface area contributed by atoms with Gasteiger partial charge in [0.2, 0.25) is 5.91 Å². The van der Waals surface area contributed by atoms with Crippen LogP contribution >= 0.6 is 0 Å². The minimum Gasteiger partial charge on any atom is -0.475 e. The lowest BCUT2D eigenvalue weighted by molar-refractivity contribution is -0.192. The molecule has 0 bridgehead atoms. The molecule has 0 aromatic carbocycles. The van der Waals surface area contributed by atoms with Gasteiger partial charge in [-0.2, -0.15) is 13.2 Å². The highest BCUT2D eigenvalue weighted by molar-refractivity contribution is 5.82. The predicted octanol–water partition coefficient (Wildman–Crippen LogP) is 2.38. The number of hydrogen-bond donors (Lipinski definition) is 1. The van der Waals surface area contributed by atoms with Crippen LogP contribution in [0.5, 0.6) is 0 Å². The van der Waals surface area contributed by atoms with Gasteiger partial charge in [0.05, 0.1) is 19.7 Å². The maximum Gasteiger partial charge on any atom is 0.490 e. The van der Waals surface area contributed by atoms with Gasteiger partial charge in [0, 0.05) is 12.5 Å². The van der Waals surface area contributed by atoms with Crippen molar-refractivity contribution in [2.24, 2.45) is 17.8 Å². The minimum absolute atomic E-state index is 0.0231. The van der Waals surface area contributed by atoms with Crippen LogP contribution in [0.15, 0.2) is 0 Å². The van der Waals surface area contributed by atoms with E-state index >= 15 is 0 Å². The zero-order valence-corrected chi connectivity index (χ0v) is 16.2. The highest BCUT2D eigenvalue weighted by Crippen LogP contribution is 2.43. The highest BCUT2D eigenvalue weighted by atomic mass is 19.4. The smallest absolute Gasteiger partial charge is 0.475 e. The second-order valence-electron chi connectivity index (χ2n) is 8.72. The summed E-state index contributed by atoms with van der Waals surface area (Å²) >= 11 is 0. The molecule has 4 aliphatic rings. The molecule has 1 N–H and O–H groups in total. The zero-order valence-electron chi connectivity index (χ0n) is 16.2. The fourth-order valence-corrected chi connectivity index (χ4v) is 4.35. The number of carboxylic acids is 1. The van der Waals surface area contributed by atoms with Gasteiger partial charge in [0.15, 0.2) is 0 Å². The third-order valence-corrected chi connectivity index (χ3v) is 6.29. The van der Waals surface area contributed by atoms with Crippen LogP contribution in [0.3, 0.4) is 0 Å². The van der Waals surface area contributed by atoms with Gasteiger partial charge in [-0.25, -0.2) is 4.79 Å². The van der Waals surface area contributed by atoms with E-state index in [0.717, 1.165) is 32.5 Å². The molecular formula is C19H29F3N2O4. The first kappa shape index (κ1) is 21.4. The molecule has 1 saturated carbocycles. The Bertz CT molecular complexity index is 576. The van der Waals surface area contributed by atoms with Crippen molar-refractivity contribution in [3.8, 4) is 0 Å². The topological polar surface area (TPSA) is 70.1 Å². The van der Waals surface area contributed by atoms with E-state index in [1.165, 1.54) is 38.9 Å². The third-order valence-electron chi connectivity index (χ3n) is 6.29. The van der Waals surface area contributed by atoms with E-state index in [2.05, 4.69) is 11.8 Å². The molecule has 3 atom stereocenters. The lowest BCUT2D eigenvalue weighted by Gasteiger charge is -2.53. The molecule has 9 heteroatoms. The average molecular weight is 406 g/mol. The van der Waals surface area contributed by atoms with E-state index in [1.807, 2.05) is 4.90 Å². The number of carbonyl (C=O) groups is 2. The van der Waals surface area contributed by atoms with E-state index in [0.29, 0.717) is 23.7 Å². The second kappa shape index (κ2) is 8.18. The van der Waals surface area contributed by atoms with Crippen LogP contribution in [0.2, 0.25) is 0 Å². The summed E-state index contributed by atoms with van der Waals surface area (Å²) in [6.07, 6.45) is 1.18. The zero-order chi connectivity index (χ0) is 20.5. The fourth-order valence-electron chi connectivity index (χ4n) is 4.35. The van der Waals surface area contributed by atoms with Crippen molar-refractivity contribution in [1.82, 2.24) is 9.80 Å². The Balaban J connectivity index is 0.000000279. The van der Waals surface area contributed by atoms with Gasteiger partial charge >= 0.3 is 12.1 Å². The SMILES string of the molecule is CC1CC1C(=O)N1CC2(CCC(CN3CCCC3)CO2)C1.O=C(O)C(F)(F)F. The number of alkyl halides is 3. The van der Waals surface area contributed by atoms with Crippen molar-refractivity contribution in [3.05, 3.63) is 0 Å². The first-order valence-corrected chi connectivity index (χ1v) is 10.0. The van der Waals surface area contributed by atoms with Gasteiger partial charge < -0.3 is 19.6 Å². The van der Waals surface area contributed by atoms with Crippen molar-refractivity contribution >= 4 is 11.9 Å². The number of carboxylic acid groups (broad SMARTS) is 1. The maximum absolute atomic E-state index is 12.2. The molecule has 160 valence electrons. The second-order valence-corrected chi connectivity index (χ2v) is 8.72. The molecule has 1 amide bonds. The summed E-state index contributed by atoms with van der Waals surface area (Å²) < 4.78 is 37.9. The molecule has 3 saturated heterocycles. The van der Waals surface area contributed by atoms with Crippen LogP contribution in [0.1, 0.15) is 39.0 Å². The Labute approximate surface area is 163 Å². The summed E-state index contributed by atoms with van der Waals surface area (Å²) in [5.74, 6) is -0.717. The quantitative estimate of drug-likeness (QED) is 0.779. The molecule has 0 aromatic heterocycles. The first-order chi connectivity index (χ1) is 13.1. The van der Waals surface area contributed by atoms with Gasteiger partial charge in [-0.05, 0) is 57.0 Å². The predicted molar refractivity (Wildman–Crippen MR) is 94.6 cm³/mol. The van der Waals surface area contributed by atoms with E-state index < -0.39 is 12.1 Å². The molecular weight excluding hydrogens is 377 g/mol. The molecule has 0 radical (unpaired) electrons. The molecule has 0 aromatic rings. The molecule has 1 spiro atoms. The molecule has 4 rings (SSSR count). The van der Waals surface area contributed by atoms with Crippen LogP contribution in [-0.2, 0) is 14.3 Å². The van der Waals surface area contributed by atoms with Crippen LogP contribution in [0.25, 0.3) is 0 Å². The molecule has 28 heavy (non-hydrogen) atoms. The Morgan fingerprint density at radius 2 is 1.79 bits per heavy atom. The molecule has 6 nitrogen and oxygen atoms in total. The van der Waals surface area contributed by atoms with E-state index in [-0.39, 0.29) is 5.60 Å². The number of likely N-dealkylation sites (tertiary alicyclic amines) is 2. The Kier molecular flexibility index (Phi) is 6.24. The number of aliphatic carboxylic acids is 1. The monoisotopic (exact) mass is 406 g/mol. The number of rotatable bonds is 3. The van der Waals surface area contributed by atoms with Gasteiger partial charge in [0.1, 0.15) is 5.60 Å². The van der Waals surface area contributed by atoms with Crippen molar-refractivity contribution in [2.75, 3.05) is 39.3 Å². The van der Waals surface area contributed by atoms with Gasteiger partial charge in [-0.15, -0.1) is 0 Å². The van der Waals surface area contributed by atoms with Crippen LogP contribution in [-0.4, -0.2) is 77.9 Å². The van der Waals surface area contributed by atoms with E-state index in [4.69, 9.17) is 14.6 Å². The van der Waals surface area contributed by atoms with Crippen molar-refractivity contribution in [2.45, 2.75) is 50.8 Å². The lowest BCUT2D eigenvalue weighted by Crippen LogP contribution is -2.66. The van der Waals surface area contributed by atoms with Gasteiger partial charge in [0.25, 0.3) is 0 Å². The normalized spacial score (nSPS) is 31.7. The number of nitrogens with zero attached hydrogens (tertiary/aromatic N) is 2. The Morgan fingerprint density at radius 3 is 2.21 bits per heavy atom. The summed E-state index contributed by atoms with van der Waals surface area (Å²) in [6, 6.07) is 0. The standard InChI is InChI=1S/C17H28N2O2.C2HF3O2/c1-13-8-15(13)16(20)19-11-17(12-19)5-4-14(10-21-17)9-18-6-2-3-7-18;3-2(4,5)1(6)7/h13-15H,2-12H2,1H3;(H,6,7). The molecule has 3 heterocycles. The van der Waals surface area contributed by atoms with Gasteiger partial charge in [-0.3, -0.25) is 4.79 Å². The fraction of sp³-hybridized carbons (Fsp3) is 0.895.